The van der Waals surface area contributed by atoms with Gasteiger partial charge in [-0.1, -0.05) is 86.1 Å². The van der Waals surface area contributed by atoms with Crippen molar-refractivity contribution in [2.75, 3.05) is 0 Å². The van der Waals surface area contributed by atoms with Crippen molar-refractivity contribution in [3.8, 4) is 17.1 Å². The van der Waals surface area contributed by atoms with Gasteiger partial charge < -0.3 is 13.9 Å². The van der Waals surface area contributed by atoms with Gasteiger partial charge in [0.2, 0.25) is 11.2 Å². The number of carbonyl (C=O) groups excluding carboxylic acids is 2. The fourth-order valence-electron chi connectivity index (χ4n) is 3.62. The molecule has 0 radical (unpaired) electrons. The Morgan fingerprint density at radius 3 is 2.21 bits per heavy atom. The molecule has 4 aromatic rings. The maximum absolute atomic E-state index is 13.3. The normalized spacial score (nSPS) is 11.7. The van der Waals surface area contributed by atoms with Crippen LogP contribution in [0.4, 0.5) is 0 Å². The Hall–Kier alpha value is -4.19. The van der Waals surface area contributed by atoms with Crippen molar-refractivity contribution >= 4 is 22.9 Å². The third-order valence-corrected chi connectivity index (χ3v) is 5.37. The van der Waals surface area contributed by atoms with E-state index in [9.17, 15) is 14.4 Å². The van der Waals surface area contributed by atoms with Crippen LogP contribution < -0.4 is 10.2 Å². The predicted octanol–water partition coefficient (Wildman–Crippen LogP) is 5.53. The number of fused-ring (bicyclic) bond motifs is 1. The number of carbonyl (C=O) groups is 2. The minimum absolute atomic E-state index is 0.0422. The molecule has 0 amide bonds. The van der Waals surface area contributed by atoms with Crippen LogP contribution in [0.1, 0.15) is 25.3 Å². The fourth-order valence-corrected chi connectivity index (χ4v) is 3.62. The van der Waals surface area contributed by atoms with Crippen LogP contribution in [0.25, 0.3) is 22.3 Å². The Bertz CT molecular complexity index is 1340. The van der Waals surface area contributed by atoms with Crippen LogP contribution >= 0.6 is 0 Å². The predicted molar refractivity (Wildman–Crippen MR) is 128 cm³/mol. The molecule has 1 atom stereocenters. The molecule has 0 N–H and O–H groups in total. The SMILES string of the molecule is CCCC(C(=O)OCc1ccccc1)C(=O)Oc1c(-c2ccccc2)oc2ccccc2c1=O. The highest BCUT2D eigenvalue weighted by Gasteiger charge is 2.31. The molecule has 0 spiro atoms. The average Bonchev–Trinajstić information content (AvgIpc) is 2.88. The van der Waals surface area contributed by atoms with Crippen molar-refractivity contribution < 1.29 is 23.5 Å². The zero-order valence-electron chi connectivity index (χ0n) is 18.7. The van der Waals surface area contributed by atoms with E-state index in [1.165, 1.54) is 0 Å². The zero-order valence-corrected chi connectivity index (χ0v) is 18.7. The van der Waals surface area contributed by atoms with Crippen molar-refractivity contribution in [2.24, 2.45) is 5.92 Å². The second-order valence-electron chi connectivity index (χ2n) is 7.81. The molecule has 0 aliphatic carbocycles. The minimum atomic E-state index is -1.16. The first-order valence-corrected chi connectivity index (χ1v) is 11.1. The molecule has 0 bridgehead atoms. The van der Waals surface area contributed by atoms with E-state index in [1.54, 1.807) is 48.5 Å². The molecule has 34 heavy (non-hydrogen) atoms. The molecule has 0 saturated carbocycles. The van der Waals surface area contributed by atoms with E-state index in [0.717, 1.165) is 5.56 Å². The number of para-hydroxylation sites is 1. The number of benzene rings is 3. The first-order valence-electron chi connectivity index (χ1n) is 11.1. The molecule has 1 heterocycles. The molecular formula is C28H24O6. The quantitative estimate of drug-likeness (QED) is 0.256. The summed E-state index contributed by atoms with van der Waals surface area (Å²) in [5.41, 5.74) is 1.27. The van der Waals surface area contributed by atoms with Crippen LogP contribution in [0.2, 0.25) is 0 Å². The van der Waals surface area contributed by atoms with Crippen LogP contribution in [0.5, 0.6) is 5.75 Å². The van der Waals surface area contributed by atoms with Gasteiger partial charge in [0, 0.05) is 5.56 Å². The molecule has 1 unspecified atom stereocenters. The summed E-state index contributed by atoms with van der Waals surface area (Å²) in [5, 5.41) is 0.281. The minimum Gasteiger partial charge on any atom is -0.460 e. The van der Waals surface area contributed by atoms with Crippen molar-refractivity contribution in [1.29, 1.82) is 0 Å². The standard InChI is InChI=1S/C28H24O6/c1-2-11-22(27(30)32-18-19-12-5-3-6-13-19)28(31)34-26-24(29)21-16-9-10-17-23(21)33-25(26)20-14-7-4-8-15-20/h3-10,12-17,22H,2,11,18H2,1H3. The summed E-state index contributed by atoms with van der Waals surface area (Å²) in [7, 11) is 0. The lowest BCUT2D eigenvalue weighted by Crippen LogP contribution is -2.31. The van der Waals surface area contributed by atoms with Crippen molar-refractivity contribution in [1.82, 2.24) is 0 Å². The summed E-state index contributed by atoms with van der Waals surface area (Å²) in [5.74, 6) is -2.82. The molecule has 0 aliphatic rings. The topological polar surface area (TPSA) is 82.8 Å². The number of rotatable bonds is 8. The molecule has 0 aliphatic heterocycles. The first kappa shape index (κ1) is 23.0. The summed E-state index contributed by atoms with van der Waals surface area (Å²) >= 11 is 0. The molecular weight excluding hydrogens is 432 g/mol. The van der Waals surface area contributed by atoms with Gasteiger partial charge in [0.15, 0.2) is 11.7 Å². The van der Waals surface area contributed by atoms with Crippen molar-refractivity contribution in [3.63, 3.8) is 0 Å². The number of hydrogen-bond donors (Lipinski definition) is 0. The molecule has 6 nitrogen and oxygen atoms in total. The highest BCUT2D eigenvalue weighted by molar-refractivity contribution is 5.96. The lowest BCUT2D eigenvalue weighted by molar-refractivity contribution is -0.158. The van der Waals surface area contributed by atoms with Gasteiger partial charge in [-0.25, -0.2) is 0 Å². The second kappa shape index (κ2) is 10.6. The van der Waals surface area contributed by atoms with Crippen molar-refractivity contribution in [3.05, 3.63) is 101 Å². The maximum atomic E-state index is 13.3. The molecule has 4 rings (SSSR count). The Morgan fingerprint density at radius 1 is 0.853 bits per heavy atom. The highest BCUT2D eigenvalue weighted by Crippen LogP contribution is 2.31. The molecule has 1 aromatic heterocycles. The third-order valence-electron chi connectivity index (χ3n) is 5.37. The Balaban J connectivity index is 1.65. The number of ether oxygens (including phenoxy) is 2. The monoisotopic (exact) mass is 456 g/mol. The summed E-state index contributed by atoms with van der Waals surface area (Å²) in [6, 6.07) is 24.8. The third kappa shape index (κ3) is 5.07. The van der Waals surface area contributed by atoms with Gasteiger partial charge in [-0.15, -0.1) is 0 Å². The molecule has 0 fully saturated rings. The second-order valence-corrected chi connectivity index (χ2v) is 7.81. The largest absolute Gasteiger partial charge is 0.460 e. The van der Waals surface area contributed by atoms with E-state index in [-0.39, 0.29) is 29.9 Å². The summed E-state index contributed by atoms with van der Waals surface area (Å²) in [4.78, 5) is 39.2. The Labute approximate surface area is 196 Å². The first-order chi connectivity index (χ1) is 16.6. The number of hydrogen-bond acceptors (Lipinski definition) is 6. The number of esters is 2. The van der Waals surface area contributed by atoms with Gasteiger partial charge in [-0.05, 0) is 24.1 Å². The van der Waals surface area contributed by atoms with Gasteiger partial charge in [0.25, 0.3) is 0 Å². The van der Waals surface area contributed by atoms with Crippen LogP contribution in [-0.2, 0) is 20.9 Å². The van der Waals surface area contributed by atoms with Crippen LogP contribution in [0.3, 0.4) is 0 Å². The van der Waals surface area contributed by atoms with Gasteiger partial charge in [-0.3, -0.25) is 14.4 Å². The smallest absolute Gasteiger partial charge is 0.325 e. The molecule has 0 saturated heterocycles. The van der Waals surface area contributed by atoms with E-state index in [0.29, 0.717) is 17.6 Å². The van der Waals surface area contributed by atoms with E-state index >= 15 is 0 Å². The molecule has 3 aromatic carbocycles. The van der Waals surface area contributed by atoms with E-state index in [1.807, 2.05) is 43.3 Å². The summed E-state index contributed by atoms with van der Waals surface area (Å²) < 4.78 is 16.9. The Morgan fingerprint density at radius 2 is 1.50 bits per heavy atom. The van der Waals surface area contributed by atoms with E-state index < -0.39 is 23.3 Å². The van der Waals surface area contributed by atoms with Crippen LogP contribution in [-0.4, -0.2) is 11.9 Å². The summed E-state index contributed by atoms with van der Waals surface area (Å²) in [6.07, 6.45) is 0.782. The summed E-state index contributed by atoms with van der Waals surface area (Å²) in [6.45, 7) is 1.89. The maximum Gasteiger partial charge on any atom is 0.325 e. The van der Waals surface area contributed by atoms with Crippen LogP contribution in [0, 0.1) is 5.92 Å². The van der Waals surface area contributed by atoms with Gasteiger partial charge in [0.05, 0.1) is 5.39 Å². The fraction of sp³-hybridized carbons (Fsp3) is 0.179. The van der Waals surface area contributed by atoms with E-state index in [4.69, 9.17) is 13.9 Å². The molecule has 172 valence electrons. The van der Waals surface area contributed by atoms with Gasteiger partial charge >= 0.3 is 11.9 Å². The zero-order chi connectivity index (χ0) is 23.9. The Kier molecular flexibility index (Phi) is 7.18. The lowest BCUT2D eigenvalue weighted by atomic mass is 10.0. The molecule has 6 heteroatoms. The van der Waals surface area contributed by atoms with Gasteiger partial charge in [-0.2, -0.15) is 0 Å². The highest BCUT2D eigenvalue weighted by atomic mass is 16.6. The van der Waals surface area contributed by atoms with Crippen LogP contribution in [0.15, 0.2) is 94.1 Å². The van der Waals surface area contributed by atoms with E-state index in [2.05, 4.69) is 0 Å². The van der Waals surface area contributed by atoms with Crippen molar-refractivity contribution in [2.45, 2.75) is 26.4 Å². The van der Waals surface area contributed by atoms with Gasteiger partial charge in [0.1, 0.15) is 12.2 Å². The average molecular weight is 456 g/mol. The lowest BCUT2D eigenvalue weighted by Gasteiger charge is -2.16.